The number of carbonyl (C=O) groups excluding carboxylic acids is 2. The third kappa shape index (κ3) is 4.29. The summed E-state index contributed by atoms with van der Waals surface area (Å²) in [6.07, 6.45) is 1.52. The molecule has 0 fully saturated rings. The summed E-state index contributed by atoms with van der Waals surface area (Å²) in [5, 5.41) is 6.48. The van der Waals surface area contributed by atoms with Gasteiger partial charge in [0.05, 0.1) is 18.4 Å². The van der Waals surface area contributed by atoms with Crippen molar-refractivity contribution in [3.63, 3.8) is 0 Å². The number of pyridine rings is 1. The molecular weight excluding hydrogens is 378 g/mol. The standard InChI is InChI=1S/C21H18ClN3O3/c1-13-16(22)7-5-9-17(13)25-20(26)14-10-11-23-19(12-14)24-18-8-4-3-6-15(18)21(27)28-2/h3-12H,1-2H3,(H,23,24)(H,25,26). The topological polar surface area (TPSA) is 80.3 Å². The Morgan fingerprint density at radius 3 is 2.57 bits per heavy atom. The normalized spacial score (nSPS) is 10.2. The minimum absolute atomic E-state index is 0.294. The summed E-state index contributed by atoms with van der Waals surface area (Å²) in [6, 6.07) is 15.4. The van der Waals surface area contributed by atoms with Crippen LogP contribution >= 0.6 is 11.6 Å². The quantitative estimate of drug-likeness (QED) is 0.605. The zero-order valence-corrected chi connectivity index (χ0v) is 16.1. The molecule has 1 aromatic heterocycles. The van der Waals surface area contributed by atoms with E-state index in [-0.39, 0.29) is 5.91 Å². The molecule has 0 bridgehead atoms. The highest BCUT2D eigenvalue weighted by Crippen LogP contribution is 2.24. The number of carbonyl (C=O) groups is 2. The van der Waals surface area contributed by atoms with Crippen molar-refractivity contribution in [3.8, 4) is 0 Å². The van der Waals surface area contributed by atoms with Gasteiger partial charge in [0, 0.05) is 22.5 Å². The number of rotatable bonds is 5. The van der Waals surface area contributed by atoms with E-state index in [2.05, 4.69) is 15.6 Å². The van der Waals surface area contributed by atoms with Crippen LogP contribution in [0.1, 0.15) is 26.3 Å². The number of nitrogens with zero attached hydrogens (tertiary/aromatic N) is 1. The van der Waals surface area contributed by atoms with Crippen molar-refractivity contribution in [3.05, 3.63) is 82.5 Å². The van der Waals surface area contributed by atoms with Crippen LogP contribution in [0.15, 0.2) is 60.8 Å². The number of nitrogens with one attached hydrogen (secondary N) is 2. The van der Waals surface area contributed by atoms with Crippen molar-refractivity contribution in [1.82, 2.24) is 4.98 Å². The first-order valence-electron chi connectivity index (χ1n) is 8.46. The van der Waals surface area contributed by atoms with Gasteiger partial charge in [-0.2, -0.15) is 0 Å². The number of halogens is 1. The first-order chi connectivity index (χ1) is 13.5. The van der Waals surface area contributed by atoms with E-state index in [0.29, 0.717) is 33.3 Å². The molecule has 3 aromatic rings. The highest BCUT2D eigenvalue weighted by atomic mass is 35.5. The molecule has 0 unspecified atom stereocenters. The fourth-order valence-corrected chi connectivity index (χ4v) is 2.77. The molecule has 28 heavy (non-hydrogen) atoms. The van der Waals surface area contributed by atoms with Crippen LogP contribution in [0.2, 0.25) is 5.02 Å². The molecular formula is C21H18ClN3O3. The van der Waals surface area contributed by atoms with Gasteiger partial charge in [0.25, 0.3) is 5.91 Å². The Morgan fingerprint density at radius 1 is 1.04 bits per heavy atom. The van der Waals surface area contributed by atoms with E-state index in [9.17, 15) is 9.59 Å². The molecule has 0 atom stereocenters. The number of hydrogen-bond donors (Lipinski definition) is 2. The molecule has 142 valence electrons. The van der Waals surface area contributed by atoms with E-state index in [1.807, 2.05) is 6.92 Å². The summed E-state index contributed by atoms with van der Waals surface area (Å²) in [5.74, 6) is -0.336. The van der Waals surface area contributed by atoms with Crippen LogP contribution in [0.5, 0.6) is 0 Å². The molecule has 3 rings (SSSR count). The van der Waals surface area contributed by atoms with Gasteiger partial charge >= 0.3 is 5.97 Å². The molecule has 0 saturated carbocycles. The lowest BCUT2D eigenvalue weighted by Crippen LogP contribution is -2.13. The summed E-state index contributed by atoms with van der Waals surface area (Å²) in [5.41, 5.74) is 2.74. The molecule has 1 heterocycles. The molecule has 7 heteroatoms. The summed E-state index contributed by atoms with van der Waals surface area (Å²) in [7, 11) is 1.32. The van der Waals surface area contributed by atoms with Crippen LogP contribution in [0, 0.1) is 6.92 Å². The zero-order chi connectivity index (χ0) is 20.1. The predicted molar refractivity (Wildman–Crippen MR) is 109 cm³/mol. The minimum Gasteiger partial charge on any atom is -0.465 e. The lowest BCUT2D eigenvalue weighted by molar-refractivity contribution is 0.0601. The Morgan fingerprint density at radius 2 is 1.79 bits per heavy atom. The molecule has 0 aliphatic rings. The lowest BCUT2D eigenvalue weighted by Gasteiger charge is -2.12. The second kappa shape index (κ2) is 8.54. The third-order valence-corrected chi connectivity index (χ3v) is 4.54. The fourth-order valence-electron chi connectivity index (χ4n) is 2.60. The van der Waals surface area contributed by atoms with Crippen molar-refractivity contribution in [2.24, 2.45) is 0 Å². The number of para-hydroxylation sites is 1. The van der Waals surface area contributed by atoms with Gasteiger partial charge < -0.3 is 15.4 Å². The summed E-state index contributed by atoms with van der Waals surface area (Å²) in [4.78, 5) is 28.7. The third-order valence-electron chi connectivity index (χ3n) is 4.13. The Kier molecular flexibility index (Phi) is 5.91. The molecule has 0 spiro atoms. The Bertz CT molecular complexity index is 1040. The van der Waals surface area contributed by atoms with Crippen molar-refractivity contribution >= 4 is 40.7 Å². The van der Waals surface area contributed by atoms with Gasteiger partial charge in [0.1, 0.15) is 5.82 Å². The van der Waals surface area contributed by atoms with E-state index in [1.165, 1.54) is 13.3 Å². The highest BCUT2D eigenvalue weighted by molar-refractivity contribution is 6.31. The Balaban J connectivity index is 1.82. The van der Waals surface area contributed by atoms with Gasteiger partial charge in [-0.05, 0) is 48.9 Å². The first kappa shape index (κ1) is 19.4. The molecule has 0 aliphatic heterocycles. The van der Waals surface area contributed by atoms with Gasteiger partial charge in [0.2, 0.25) is 0 Å². The van der Waals surface area contributed by atoms with E-state index in [1.54, 1.807) is 54.6 Å². The maximum atomic E-state index is 12.6. The lowest BCUT2D eigenvalue weighted by atomic mass is 10.1. The molecule has 2 aromatic carbocycles. The van der Waals surface area contributed by atoms with Crippen LogP contribution in [0.3, 0.4) is 0 Å². The summed E-state index contributed by atoms with van der Waals surface area (Å²) in [6.45, 7) is 1.83. The number of hydrogen-bond acceptors (Lipinski definition) is 5. The van der Waals surface area contributed by atoms with Crippen LogP contribution < -0.4 is 10.6 Å². The molecule has 6 nitrogen and oxygen atoms in total. The average molecular weight is 396 g/mol. The van der Waals surface area contributed by atoms with Crippen LogP contribution in [-0.4, -0.2) is 24.0 Å². The minimum atomic E-state index is -0.464. The van der Waals surface area contributed by atoms with Crippen molar-refractivity contribution < 1.29 is 14.3 Å². The van der Waals surface area contributed by atoms with E-state index in [0.717, 1.165) is 5.56 Å². The molecule has 0 saturated heterocycles. The number of benzene rings is 2. The summed E-state index contributed by atoms with van der Waals surface area (Å²) < 4.78 is 4.79. The number of esters is 1. The number of methoxy groups -OCH3 is 1. The van der Waals surface area contributed by atoms with Crippen molar-refractivity contribution in [2.75, 3.05) is 17.7 Å². The Labute approximate surface area is 167 Å². The molecule has 2 N–H and O–H groups in total. The van der Waals surface area contributed by atoms with Crippen molar-refractivity contribution in [2.45, 2.75) is 6.92 Å². The van der Waals surface area contributed by atoms with Gasteiger partial charge in [-0.3, -0.25) is 4.79 Å². The maximum Gasteiger partial charge on any atom is 0.339 e. The summed E-state index contributed by atoms with van der Waals surface area (Å²) >= 11 is 6.10. The predicted octanol–water partition coefficient (Wildman–Crippen LogP) is 4.83. The van der Waals surface area contributed by atoms with Gasteiger partial charge in [-0.25, -0.2) is 9.78 Å². The number of aromatic nitrogens is 1. The maximum absolute atomic E-state index is 12.6. The van der Waals surface area contributed by atoms with Gasteiger partial charge in [-0.15, -0.1) is 0 Å². The molecule has 0 aliphatic carbocycles. The smallest absolute Gasteiger partial charge is 0.339 e. The van der Waals surface area contributed by atoms with Crippen LogP contribution in [0.25, 0.3) is 0 Å². The average Bonchev–Trinajstić information content (AvgIpc) is 2.71. The molecule has 1 amide bonds. The SMILES string of the molecule is COC(=O)c1ccccc1Nc1cc(C(=O)Nc2cccc(Cl)c2C)ccn1. The van der Waals surface area contributed by atoms with Crippen LogP contribution in [0.4, 0.5) is 17.2 Å². The first-order valence-corrected chi connectivity index (χ1v) is 8.84. The van der Waals surface area contributed by atoms with Crippen molar-refractivity contribution in [1.29, 1.82) is 0 Å². The number of anilines is 3. The van der Waals surface area contributed by atoms with Crippen LogP contribution in [-0.2, 0) is 4.74 Å². The number of amides is 1. The van der Waals surface area contributed by atoms with Gasteiger partial charge in [-0.1, -0.05) is 29.8 Å². The zero-order valence-electron chi connectivity index (χ0n) is 15.3. The fraction of sp³-hybridized carbons (Fsp3) is 0.0952. The Hall–Kier alpha value is -3.38. The van der Waals surface area contributed by atoms with E-state index in [4.69, 9.17) is 16.3 Å². The van der Waals surface area contributed by atoms with Gasteiger partial charge in [0.15, 0.2) is 0 Å². The highest BCUT2D eigenvalue weighted by Gasteiger charge is 2.13. The second-order valence-electron chi connectivity index (χ2n) is 5.96. The number of ether oxygens (including phenoxy) is 1. The largest absolute Gasteiger partial charge is 0.465 e. The van der Waals surface area contributed by atoms with E-state index >= 15 is 0 Å². The molecule has 0 radical (unpaired) electrons. The second-order valence-corrected chi connectivity index (χ2v) is 6.37. The monoisotopic (exact) mass is 395 g/mol. The van der Waals surface area contributed by atoms with E-state index < -0.39 is 5.97 Å².